The molecule has 102 valence electrons. The minimum absolute atomic E-state index is 0.473. The molecule has 0 amide bonds. The normalized spacial score (nSPS) is 12.7. The van der Waals surface area contributed by atoms with Gasteiger partial charge in [-0.3, -0.25) is 4.21 Å². The summed E-state index contributed by atoms with van der Waals surface area (Å²) in [5.74, 6) is 2.65. The summed E-state index contributed by atoms with van der Waals surface area (Å²) in [7, 11) is -0.773. The van der Waals surface area contributed by atoms with Crippen LogP contribution in [0.1, 0.15) is 19.4 Å². The van der Waals surface area contributed by atoms with E-state index in [1.807, 2.05) is 24.3 Å². The second-order valence-corrected chi connectivity index (χ2v) is 6.36. The maximum absolute atomic E-state index is 11.6. The third-order valence-corrected chi connectivity index (χ3v) is 4.12. The van der Waals surface area contributed by atoms with Gasteiger partial charge in [0.15, 0.2) is 0 Å². The van der Waals surface area contributed by atoms with E-state index in [1.165, 1.54) is 5.56 Å². The Kier molecular flexibility index (Phi) is 6.98. The summed E-state index contributed by atoms with van der Waals surface area (Å²) in [6, 6.07) is 7.92. The molecule has 18 heavy (non-hydrogen) atoms. The maximum atomic E-state index is 11.6. The van der Waals surface area contributed by atoms with Crippen LogP contribution >= 0.6 is 0 Å². The molecule has 0 aliphatic carbocycles. The Morgan fingerprint density at radius 1 is 1.28 bits per heavy atom. The molecule has 0 aromatic heterocycles. The highest BCUT2D eigenvalue weighted by atomic mass is 32.2. The van der Waals surface area contributed by atoms with Crippen LogP contribution in [0, 0.1) is 5.92 Å². The van der Waals surface area contributed by atoms with E-state index in [9.17, 15) is 4.21 Å². The van der Waals surface area contributed by atoms with E-state index >= 15 is 0 Å². The van der Waals surface area contributed by atoms with E-state index in [1.54, 1.807) is 0 Å². The zero-order chi connectivity index (χ0) is 13.4. The van der Waals surface area contributed by atoms with Crippen molar-refractivity contribution >= 4 is 10.8 Å². The molecule has 1 rings (SSSR count). The van der Waals surface area contributed by atoms with Crippen LogP contribution in [0.25, 0.3) is 0 Å². The van der Waals surface area contributed by atoms with Gasteiger partial charge in [-0.25, -0.2) is 0 Å². The molecule has 0 spiro atoms. The van der Waals surface area contributed by atoms with E-state index in [0.717, 1.165) is 17.9 Å². The van der Waals surface area contributed by atoms with Gasteiger partial charge in [0.1, 0.15) is 5.75 Å². The molecule has 0 saturated carbocycles. The molecule has 0 aliphatic rings. The molecule has 4 heteroatoms. The van der Waals surface area contributed by atoms with Gasteiger partial charge in [-0.15, -0.1) is 0 Å². The number of rotatable bonds is 8. The van der Waals surface area contributed by atoms with Crippen LogP contribution in [0.5, 0.6) is 5.75 Å². The standard InChI is InChI=1S/C14H23NO2S/c1-12(2)11-18(16)10-9-17-14-5-3-13(4-6-14)7-8-15/h3-6,12H,7-11,15H2,1-2H3. The summed E-state index contributed by atoms with van der Waals surface area (Å²) in [5.41, 5.74) is 6.70. The minimum atomic E-state index is -0.773. The first kappa shape index (κ1) is 15.2. The molecule has 0 saturated heterocycles. The lowest BCUT2D eigenvalue weighted by atomic mass is 10.1. The summed E-state index contributed by atoms with van der Waals surface area (Å²) in [4.78, 5) is 0. The Balaban J connectivity index is 2.28. The topological polar surface area (TPSA) is 52.3 Å². The Hall–Kier alpha value is -0.870. The van der Waals surface area contributed by atoms with E-state index in [0.29, 0.717) is 24.8 Å². The lowest BCUT2D eigenvalue weighted by molar-refractivity contribution is 0.342. The fraction of sp³-hybridized carbons (Fsp3) is 0.571. The number of benzene rings is 1. The zero-order valence-corrected chi connectivity index (χ0v) is 12.0. The molecule has 0 heterocycles. The first-order chi connectivity index (χ1) is 8.61. The van der Waals surface area contributed by atoms with Gasteiger partial charge in [-0.2, -0.15) is 0 Å². The lowest BCUT2D eigenvalue weighted by Crippen LogP contribution is -2.13. The van der Waals surface area contributed by atoms with Gasteiger partial charge in [0, 0.05) is 16.6 Å². The van der Waals surface area contributed by atoms with Crippen LogP contribution in [-0.2, 0) is 17.2 Å². The molecule has 0 fully saturated rings. The quantitative estimate of drug-likeness (QED) is 0.785. The monoisotopic (exact) mass is 269 g/mol. The first-order valence-electron chi connectivity index (χ1n) is 6.38. The predicted octanol–water partition coefficient (Wildman–Crippen LogP) is 1.97. The molecular weight excluding hydrogens is 246 g/mol. The third-order valence-electron chi connectivity index (χ3n) is 2.46. The van der Waals surface area contributed by atoms with Crippen LogP contribution in [0.4, 0.5) is 0 Å². The highest BCUT2D eigenvalue weighted by molar-refractivity contribution is 7.85. The van der Waals surface area contributed by atoms with Gasteiger partial charge < -0.3 is 10.5 Å². The third kappa shape index (κ3) is 6.17. The van der Waals surface area contributed by atoms with Crippen LogP contribution in [0.15, 0.2) is 24.3 Å². The van der Waals surface area contributed by atoms with Crippen LogP contribution in [-0.4, -0.2) is 28.9 Å². The highest BCUT2D eigenvalue weighted by Gasteiger charge is 2.03. The van der Waals surface area contributed by atoms with E-state index < -0.39 is 10.8 Å². The summed E-state index contributed by atoms with van der Waals surface area (Å²) < 4.78 is 17.2. The molecule has 1 unspecified atom stereocenters. The van der Waals surface area contributed by atoms with Crippen molar-refractivity contribution in [2.75, 3.05) is 24.7 Å². The second-order valence-electron chi connectivity index (χ2n) is 4.74. The summed E-state index contributed by atoms with van der Waals surface area (Å²) in [6.07, 6.45) is 0.888. The van der Waals surface area contributed by atoms with Gasteiger partial charge in [-0.05, 0) is 36.6 Å². The Morgan fingerprint density at radius 3 is 2.50 bits per heavy atom. The fourth-order valence-electron chi connectivity index (χ4n) is 1.63. The molecule has 1 aromatic rings. The van der Waals surface area contributed by atoms with Crippen molar-refractivity contribution in [2.45, 2.75) is 20.3 Å². The molecule has 2 N–H and O–H groups in total. The zero-order valence-electron chi connectivity index (χ0n) is 11.2. The van der Waals surface area contributed by atoms with Gasteiger partial charge in [0.25, 0.3) is 0 Å². The van der Waals surface area contributed by atoms with Crippen LogP contribution in [0.2, 0.25) is 0 Å². The molecule has 1 atom stereocenters. The van der Waals surface area contributed by atoms with E-state index in [-0.39, 0.29) is 0 Å². The number of hydrogen-bond donors (Lipinski definition) is 1. The highest BCUT2D eigenvalue weighted by Crippen LogP contribution is 2.12. The van der Waals surface area contributed by atoms with Gasteiger partial charge in [0.2, 0.25) is 0 Å². The van der Waals surface area contributed by atoms with Crippen LogP contribution < -0.4 is 10.5 Å². The Morgan fingerprint density at radius 2 is 1.94 bits per heavy atom. The minimum Gasteiger partial charge on any atom is -0.493 e. The average Bonchev–Trinajstić information content (AvgIpc) is 2.31. The van der Waals surface area contributed by atoms with Crippen molar-refractivity contribution < 1.29 is 8.95 Å². The van der Waals surface area contributed by atoms with Crippen LogP contribution in [0.3, 0.4) is 0 Å². The van der Waals surface area contributed by atoms with Crippen molar-refractivity contribution in [3.63, 3.8) is 0 Å². The SMILES string of the molecule is CC(C)CS(=O)CCOc1ccc(CCN)cc1. The fourth-order valence-corrected chi connectivity index (χ4v) is 2.81. The molecule has 0 aliphatic heterocycles. The van der Waals surface area contributed by atoms with Crippen molar-refractivity contribution in [1.29, 1.82) is 0 Å². The lowest BCUT2D eigenvalue weighted by Gasteiger charge is -2.08. The summed E-state index contributed by atoms with van der Waals surface area (Å²) in [6.45, 7) is 5.33. The Labute approximate surface area is 112 Å². The summed E-state index contributed by atoms with van der Waals surface area (Å²) in [5, 5.41) is 0. The van der Waals surface area contributed by atoms with E-state index in [4.69, 9.17) is 10.5 Å². The van der Waals surface area contributed by atoms with Crippen molar-refractivity contribution in [3.05, 3.63) is 29.8 Å². The van der Waals surface area contributed by atoms with E-state index in [2.05, 4.69) is 13.8 Å². The van der Waals surface area contributed by atoms with Gasteiger partial charge in [-0.1, -0.05) is 26.0 Å². The predicted molar refractivity (Wildman–Crippen MR) is 77.4 cm³/mol. The smallest absolute Gasteiger partial charge is 0.119 e. The second kappa shape index (κ2) is 8.27. The largest absolute Gasteiger partial charge is 0.493 e. The Bertz CT molecular complexity index is 363. The molecule has 3 nitrogen and oxygen atoms in total. The van der Waals surface area contributed by atoms with Gasteiger partial charge >= 0.3 is 0 Å². The average molecular weight is 269 g/mol. The molecule has 1 aromatic carbocycles. The number of nitrogens with two attached hydrogens (primary N) is 1. The van der Waals surface area contributed by atoms with Crippen molar-refractivity contribution in [3.8, 4) is 5.75 Å². The molecule has 0 radical (unpaired) electrons. The van der Waals surface area contributed by atoms with Gasteiger partial charge in [0.05, 0.1) is 12.4 Å². The number of ether oxygens (including phenoxy) is 1. The van der Waals surface area contributed by atoms with Crippen molar-refractivity contribution in [1.82, 2.24) is 0 Å². The molecule has 0 bridgehead atoms. The molecular formula is C14H23NO2S. The number of hydrogen-bond acceptors (Lipinski definition) is 3. The first-order valence-corrected chi connectivity index (χ1v) is 7.87. The van der Waals surface area contributed by atoms with Crippen molar-refractivity contribution in [2.24, 2.45) is 11.7 Å². The summed E-state index contributed by atoms with van der Waals surface area (Å²) >= 11 is 0. The maximum Gasteiger partial charge on any atom is 0.119 e.